The van der Waals surface area contributed by atoms with Crippen LogP contribution in [0.25, 0.3) is 0 Å². The first-order valence-corrected chi connectivity index (χ1v) is 5.85. The number of anilines is 1. The van der Waals surface area contributed by atoms with Gasteiger partial charge >= 0.3 is 0 Å². The fourth-order valence-electron chi connectivity index (χ4n) is 1.31. The summed E-state index contributed by atoms with van der Waals surface area (Å²) < 4.78 is 0. The van der Waals surface area contributed by atoms with E-state index in [2.05, 4.69) is 15.8 Å². The molecule has 4 nitrogen and oxygen atoms in total. The van der Waals surface area contributed by atoms with Gasteiger partial charge in [0.25, 0.3) is 5.91 Å². The molecule has 18 heavy (non-hydrogen) atoms. The Bertz CT molecular complexity index is 575. The summed E-state index contributed by atoms with van der Waals surface area (Å²) in [6.07, 6.45) is 1.53. The zero-order valence-electron chi connectivity index (χ0n) is 9.15. The van der Waals surface area contributed by atoms with E-state index in [0.29, 0.717) is 21.4 Å². The standard InChI is InChI=1S/C12H9Cl2N3O/c13-8-5-6-15-11(7-8)16-17-12(18)9-3-1-2-4-10(9)14/h1-7H,(H,15,16)(H,17,18). The second kappa shape index (κ2) is 5.71. The molecule has 2 aromatic rings. The van der Waals surface area contributed by atoms with Gasteiger partial charge in [0.1, 0.15) is 5.82 Å². The number of aromatic nitrogens is 1. The number of carbonyl (C=O) groups is 1. The zero-order chi connectivity index (χ0) is 13.0. The van der Waals surface area contributed by atoms with E-state index in [0.717, 1.165) is 0 Å². The number of hydrazine groups is 1. The van der Waals surface area contributed by atoms with Crippen molar-refractivity contribution in [2.75, 3.05) is 5.43 Å². The third-order valence-electron chi connectivity index (χ3n) is 2.14. The monoisotopic (exact) mass is 281 g/mol. The highest BCUT2D eigenvalue weighted by Gasteiger charge is 2.08. The van der Waals surface area contributed by atoms with Crippen LogP contribution >= 0.6 is 23.2 Å². The van der Waals surface area contributed by atoms with Crippen molar-refractivity contribution in [2.24, 2.45) is 0 Å². The number of rotatable bonds is 3. The molecule has 0 spiro atoms. The van der Waals surface area contributed by atoms with Gasteiger partial charge in [-0.3, -0.25) is 15.6 Å². The Balaban J connectivity index is 2.03. The molecule has 2 N–H and O–H groups in total. The SMILES string of the molecule is O=C(NNc1cc(Cl)ccn1)c1ccccc1Cl. The summed E-state index contributed by atoms with van der Waals surface area (Å²) >= 11 is 11.7. The summed E-state index contributed by atoms with van der Waals surface area (Å²) in [7, 11) is 0. The number of carbonyl (C=O) groups excluding carboxylic acids is 1. The van der Waals surface area contributed by atoms with Crippen LogP contribution in [0.4, 0.5) is 5.82 Å². The molecule has 0 aliphatic heterocycles. The van der Waals surface area contributed by atoms with E-state index in [1.807, 2.05) is 0 Å². The van der Waals surface area contributed by atoms with Crippen molar-refractivity contribution in [3.8, 4) is 0 Å². The minimum Gasteiger partial charge on any atom is -0.282 e. The van der Waals surface area contributed by atoms with Crippen LogP contribution < -0.4 is 10.9 Å². The Kier molecular flexibility index (Phi) is 4.02. The van der Waals surface area contributed by atoms with Gasteiger partial charge in [0.05, 0.1) is 10.6 Å². The number of amides is 1. The van der Waals surface area contributed by atoms with Crippen LogP contribution in [-0.2, 0) is 0 Å². The fourth-order valence-corrected chi connectivity index (χ4v) is 1.69. The molecule has 2 rings (SSSR count). The van der Waals surface area contributed by atoms with E-state index in [-0.39, 0.29) is 5.91 Å². The van der Waals surface area contributed by atoms with Crippen LogP contribution in [-0.4, -0.2) is 10.9 Å². The number of benzene rings is 1. The quantitative estimate of drug-likeness (QED) is 0.850. The predicted molar refractivity (Wildman–Crippen MR) is 71.8 cm³/mol. The van der Waals surface area contributed by atoms with Crippen molar-refractivity contribution in [1.82, 2.24) is 10.4 Å². The molecule has 1 aromatic carbocycles. The van der Waals surface area contributed by atoms with Crippen molar-refractivity contribution in [1.29, 1.82) is 0 Å². The van der Waals surface area contributed by atoms with Crippen molar-refractivity contribution in [2.45, 2.75) is 0 Å². The van der Waals surface area contributed by atoms with Gasteiger partial charge in [-0.2, -0.15) is 0 Å². The summed E-state index contributed by atoms with van der Waals surface area (Å²) in [6, 6.07) is 10.00. The van der Waals surface area contributed by atoms with Gasteiger partial charge in [-0.25, -0.2) is 4.98 Å². The van der Waals surface area contributed by atoms with Crippen LogP contribution in [0, 0.1) is 0 Å². The molecule has 0 aliphatic rings. The van der Waals surface area contributed by atoms with Crippen molar-refractivity contribution < 1.29 is 4.79 Å². The molecule has 1 heterocycles. The lowest BCUT2D eigenvalue weighted by Gasteiger charge is -2.08. The average Bonchev–Trinajstić information content (AvgIpc) is 2.37. The van der Waals surface area contributed by atoms with Crippen LogP contribution in [0.1, 0.15) is 10.4 Å². The van der Waals surface area contributed by atoms with Crippen LogP contribution in [0.3, 0.4) is 0 Å². The molecule has 0 fully saturated rings. The van der Waals surface area contributed by atoms with Gasteiger partial charge < -0.3 is 0 Å². The van der Waals surface area contributed by atoms with E-state index in [1.165, 1.54) is 6.20 Å². The summed E-state index contributed by atoms with van der Waals surface area (Å²) in [5.74, 6) is 0.102. The third-order valence-corrected chi connectivity index (χ3v) is 2.71. The third kappa shape index (κ3) is 3.12. The minimum atomic E-state index is -0.345. The Morgan fingerprint density at radius 3 is 2.67 bits per heavy atom. The molecule has 0 aliphatic carbocycles. The van der Waals surface area contributed by atoms with Crippen LogP contribution in [0.2, 0.25) is 10.0 Å². The Labute approximate surface area is 114 Å². The Hall–Kier alpha value is -1.78. The molecule has 1 aromatic heterocycles. The maximum absolute atomic E-state index is 11.8. The van der Waals surface area contributed by atoms with E-state index in [9.17, 15) is 4.79 Å². The Morgan fingerprint density at radius 2 is 1.94 bits per heavy atom. The number of pyridine rings is 1. The van der Waals surface area contributed by atoms with E-state index in [1.54, 1.807) is 36.4 Å². The lowest BCUT2D eigenvalue weighted by molar-refractivity contribution is 0.0962. The highest BCUT2D eigenvalue weighted by Crippen LogP contribution is 2.15. The summed E-state index contributed by atoms with van der Waals surface area (Å²) in [4.78, 5) is 15.8. The first-order chi connectivity index (χ1) is 8.66. The van der Waals surface area contributed by atoms with Gasteiger partial charge in [0, 0.05) is 17.3 Å². The second-order valence-electron chi connectivity index (χ2n) is 3.42. The van der Waals surface area contributed by atoms with Crippen molar-refractivity contribution >= 4 is 34.9 Å². The highest BCUT2D eigenvalue weighted by molar-refractivity contribution is 6.33. The number of nitrogens with one attached hydrogen (secondary N) is 2. The molecule has 1 amide bonds. The maximum atomic E-state index is 11.8. The van der Waals surface area contributed by atoms with E-state index >= 15 is 0 Å². The average molecular weight is 282 g/mol. The molecule has 0 saturated carbocycles. The van der Waals surface area contributed by atoms with Crippen molar-refractivity contribution in [3.63, 3.8) is 0 Å². The molecule has 92 valence electrons. The molecular weight excluding hydrogens is 273 g/mol. The summed E-state index contributed by atoms with van der Waals surface area (Å²) in [5, 5.41) is 0.912. The van der Waals surface area contributed by atoms with Crippen LogP contribution in [0.5, 0.6) is 0 Å². The van der Waals surface area contributed by atoms with Gasteiger partial charge in [0.2, 0.25) is 0 Å². The summed E-state index contributed by atoms with van der Waals surface area (Å²) in [5.41, 5.74) is 5.53. The largest absolute Gasteiger partial charge is 0.282 e. The number of hydrogen-bond donors (Lipinski definition) is 2. The van der Waals surface area contributed by atoms with Crippen molar-refractivity contribution in [3.05, 3.63) is 58.2 Å². The summed E-state index contributed by atoms with van der Waals surface area (Å²) in [6.45, 7) is 0. The molecule has 0 radical (unpaired) electrons. The maximum Gasteiger partial charge on any atom is 0.271 e. The van der Waals surface area contributed by atoms with E-state index in [4.69, 9.17) is 23.2 Å². The minimum absolute atomic E-state index is 0.345. The first kappa shape index (κ1) is 12.7. The Morgan fingerprint density at radius 1 is 1.17 bits per heavy atom. The smallest absolute Gasteiger partial charge is 0.271 e. The van der Waals surface area contributed by atoms with Gasteiger partial charge in [-0.1, -0.05) is 35.3 Å². The lowest BCUT2D eigenvalue weighted by atomic mass is 10.2. The van der Waals surface area contributed by atoms with Gasteiger partial charge in [-0.05, 0) is 18.2 Å². The first-order valence-electron chi connectivity index (χ1n) is 5.09. The molecule has 0 bridgehead atoms. The molecule has 0 unspecified atom stereocenters. The van der Waals surface area contributed by atoms with E-state index < -0.39 is 0 Å². The molecule has 0 atom stereocenters. The number of hydrogen-bond acceptors (Lipinski definition) is 3. The molecule has 0 saturated heterocycles. The molecular formula is C12H9Cl2N3O. The highest BCUT2D eigenvalue weighted by atomic mass is 35.5. The van der Waals surface area contributed by atoms with Crippen LogP contribution in [0.15, 0.2) is 42.6 Å². The number of nitrogens with zero attached hydrogens (tertiary/aromatic N) is 1. The van der Waals surface area contributed by atoms with Gasteiger partial charge in [-0.15, -0.1) is 0 Å². The van der Waals surface area contributed by atoms with Gasteiger partial charge in [0.15, 0.2) is 0 Å². The topological polar surface area (TPSA) is 54.0 Å². The normalized spacial score (nSPS) is 9.89. The zero-order valence-corrected chi connectivity index (χ0v) is 10.7. The predicted octanol–water partition coefficient (Wildman–Crippen LogP) is 3.15. The lowest BCUT2D eigenvalue weighted by Crippen LogP contribution is -2.29. The fraction of sp³-hybridized carbons (Fsp3) is 0. The second-order valence-corrected chi connectivity index (χ2v) is 4.26. The molecule has 6 heteroatoms. The number of halogens is 2.